The Kier molecular flexibility index (Phi) is 8.83. The smallest absolute Gasteiger partial charge is 0.0768 e. The third-order valence-corrected chi connectivity index (χ3v) is 6.96. The molecule has 2 heterocycles. The Morgan fingerprint density at radius 3 is 1.93 bits per heavy atom. The molecular formula is C25H50N2O3. The minimum absolute atomic E-state index is 0.0196. The lowest BCUT2D eigenvalue weighted by Gasteiger charge is -2.44. The first kappa shape index (κ1) is 26.1. The van der Waals surface area contributed by atoms with Crippen molar-refractivity contribution in [3.63, 3.8) is 0 Å². The molecule has 0 amide bonds. The van der Waals surface area contributed by atoms with Crippen molar-refractivity contribution in [1.82, 2.24) is 10.4 Å². The van der Waals surface area contributed by atoms with Gasteiger partial charge in [-0.2, -0.15) is 5.06 Å². The minimum atomic E-state index is -0.0196. The van der Waals surface area contributed by atoms with E-state index in [9.17, 15) is 0 Å². The topological polar surface area (TPSA) is 43.0 Å². The van der Waals surface area contributed by atoms with Crippen molar-refractivity contribution in [3.05, 3.63) is 0 Å². The van der Waals surface area contributed by atoms with Gasteiger partial charge in [-0.15, -0.1) is 0 Å². The number of rotatable bonds is 10. The van der Waals surface area contributed by atoms with Crippen LogP contribution < -0.4 is 5.32 Å². The molecule has 0 bridgehead atoms. The zero-order chi connectivity index (χ0) is 22.6. The van der Waals surface area contributed by atoms with Gasteiger partial charge in [0.1, 0.15) is 0 Å². The second-order valence-electron chi connectivity index (χ2n) is 12.0. The van der Waals surface area contributed by atoms with E-state index in [-0.39, 0.29) is 22.2 Å². The molecule has 0 aromatic rings. The van der Waals surface area contributed by atoms with Gasteiger partial charge in [0.05, 0.1) is 19.3 Å². The zero-order valence-electron chi connectivity index (χ0n) is 21.4. The van der Waals surface area contributed by atoms with E-state index in [1.165, 1.54) is 12.8 Å². The van der Waals surface area contributed by atoms with E-state index in [0.717, 1.165) is 51.7 Å². The SMILES string of the molecule is CON1C(C)(C)CCC(OCCCCCCOC2CC(C)(C)NC2(C)C)CC1(C)C. The Morgan fingerprint density at radius 2 is 1.40 bits per heavy atom. The molecule has 5 heteroatoms. The Balaban J connectivity index is 1.60. The molecule has 2 unspecified atom stereocenters. The first-order valence-electron chi connectivity index (χ1n) is 12.2. The van der Waals surface area contributed by atoms with Gasteiger partial charge in [-0.1, -0.05) is 12.8 Å². The fraction of sp³-hybridized carbons (Fsp3) is 1.00. The number of hydroxylamine groups is 2. The fourth-order valence-corrected chi connectivity index (χ4v) is 5.84. The number of nitrogens with one attached hydrogen (secondary N) is 1. The van der Waals surface area contributed by atoms with E-state index in [1.54, 1.807) is 7.11 Å². The predicted octanol–water partition coefficient (Wildman–Crippen LogP) is 5.47. The third-order valence-electron chi connectivity index (χ3n) is 6.96. The summed E-state index contributed by atoms with van der Waals surface area (Å²) in [7, 11) is 1.79. The molecular weight excluding hydrogens is 376 g/mol. The molecule has 30 heavy (non-hydrogen) atoms. The lowest BCUT2D eigenvalue weighted by atomic mass is 9.95. The lowest BCUT2D eigenvalue weighted by molar-refractivity contribution is -0.247. The van der Waals surface area contributed by atoms with Gasteiger partial charge < -0.3 is 19.6 Å². The van der Waals surface area contributed by atoms with Crippen LogP contribution in [-0.4, -0.2) is 59.8 Å². The highest BCUT2D eigenvalue weighted by atomic mass is 16.7. The van der Waals surface area contributed by atoms with Crippen molar-refractivity contribution in [1.29, 1.82) is 0 Å². The largest absolute Gasteiger partial charge is 0.378 e. The van der Waals surface area contributed by atoms with Crippen LogP contribution in [0.3, 0.4) is 0 Å². The summed E-state index contributed by atoms with van der Waals surface area (Å²) in [6.07, 6.45) is 9.64. The molecule has 0 aromatic carbocycles. The summed E-state index contributed by atoms with van der Waals surface area (Å²) in [5.41, 5.74) is 0.257. The van der Waals surface area contributed by atoms with Crippen molar-refractivity contribution in [2.75, 3.05) is 20.3 Å². The normalized spacial score (nSPS) is 30.3. The molecule has 0 aromatic heterocycles. The van der Waals surface area contributed by atoms with Gasteiger partial charge in [0.2, 0.25) is 0 Å². The van der Waals surface area contributed by atoms with Crippen LogP contribution in [0, 0.1) is 0 Å². The monoisotopic (exact) mass is 426 g/mol. The number of hydrogen-bond acceptors (Lipinski definition) is 5. The Labute approximate surface area is 186 Å². The molecule has 2 aliphatic rings. The lowest BCUT2D eigenvalue weighted by Crippen LogP contribution is -2.53. The van der Waals surface area contributed by atoms with Crippen LogP contribution in [0.4, 0.5) is 0 Å². The summed E-state index contributed by atoms with van der Waals surface area (Å²) < 4.78 is 12.5. The summed E-state index contributed by atoms with van der Waals surface area (Å²) in [5, 5.41) is 5.86. The third kappa shape index (κ3) is 7.16. The first-order chi connectivity index (χ1) is 13.8. The van der Waals surface area contributed by atoms with Gasteiger partial charge >= 0.3 is 0 Å². The highest BCUT2D eigenvalue weighted by Crippen LogP contribution is 2.37. The van der Waals surface area contributed by atoms with Crippen molar-refractivity contribution >= 4 is 0 Å². The van der Waals surface area contributed by atoms with Crippen molar-refractivity contribution in [3.8, 4) is 0 Å². The summed E-state index contributed by atoms with van der Waals surface area (Å²) in [6, 6.07) is 0. The van der Waals surface area contributed by atoms with Crippen LogP contribution in [-0.2, 0) is 14.3 Å². The van der Waals surface area contributed by atoms with Gasteiger partial charge in [-0.3, -0.25) is 0 Å². The predicted molar refractivity (Wildman–Crippen MR) is 125 cm³/mol. The van der Waals surface area contributed by atoms with E-state index in [0.29, 0.717) is 12.2 Å². The molecule has 2 fully saturated rings. The van der Waals surface area contributed by atoms with E-state index in [1.807, 2.05) is 0 Å². The Hall–Kier alpha value is -0.200. The van der Waals surface area contributed by atoms with E-state index in [2.05, 4.69) is 65.8 Å². The van der Waals surface area contributed by atoms with Crippen LogP contribution in [0.5, 0.6) is 0 Å². The van der Waals surface area contributed by atoms with Crippen molar-refractivity contribution in [2.24, 2.45) is 0 Å². The molecule has 0 spiro atoms. The van der Waals surface area contributed by atoms with Crippen molar-refractivity contribution in [2.45, 2.75) is 141 Å². The quantitative estimate of drug-likeness (QED) is 0.469. The maximum absolute atomic E-state index is 6.30. The molecule has 0 aliphatic carbocycles. The second kappa shape index (κ2) is 10.2. The maximum atomic E-state index is 6.30. The molecule has 178 valence electrons. The summed E-state index contributed by atoms with van der Waals surface area (Å²) in [4.78, 5) is 5.75. The summed E-state index contributed by atoms with van der Waals surface area (Å²) in [5.74, 6) is 0. The molecule has 2 aliphatic heterocycles. The van der Waals surface area contributed by atoms with Gasteiger partial charge in [-0.25, -0.2) is 0 Å². The van der Waals surface area contributed by atoms with Gasteiger partial charge in [0.15, 0.2) is 0 Å². The molecule has 5 nitrogen and oxygen atoms in total. The summed E-state index contributed by atoms with van der Waals surface area (Å²) >= 11 is 0. The number of unbranched alkanes of at least 4 members (excludes halogenated alkanes) is 3. The van der Waals surface area contributed by atoms with Gasteiger partial charge in [-0.05, 0) is 93.9 Å². The van der Waals surface area contributed by atoms with Crippen molar-refractivity contribution < 1.29 is 14.3 Å². The van der Waals surface area contributed by atoms with Crippen LogP contribution in [0.15, 0.2) is 0 Å². The number of hydrogen-bond donors (Lipinski definition) is 1. The van der Waals surface area contributed by atoms with Crippen LogP contribution in [0.1, 0.15) is 107 Å². The second-order valence-corrected chi connectivity index (χ2v) is 12.0. The number of ether oxygens (including phenoxy) is 2. The highest BCUT2D eigenvalue weighted by molar-refractivity contribution is 5.04. The van der Waals surface area contributed by atoms with Gasteiger partial charge in [0.25, 0.3) is 0 Å². The first-order valence-corrected chi connectivity index (χ1v) is 12.2. The number of nitrogens with zero attached hydrogens (tertiary/aromatic N) is 1. The van der Waals surface area contributed by atoms with E-state index >= 15 is 0 Å². The molecule has 0 radical (unpaired) electrons. The zero-order valence-corrected chi connectivity index (χ0v) is 21.4. The average molecular weight is 427 g/mol. The van der Waals surface area contributed by atoms with Crippen LogP contribution >= 0.6 is 0 Å². The molecule has 2 atom stereocenters. The Morgan fingerprint density at radius 1 is 0.800 bits per heavy atom. The van der Waals surface area contributed by atoms with Crippen LogP contribution in [0.25, 0.3) is 0 Å². The molecule has 0 saturated carbocycles. The van der Waals surface area contributed by atoms with Crippen LogP contribution in [0.2, 0.25) is 0 Å². The molecule has 2 rings (SSSR count). The van der Waals surface area contributed by atoms with E-state index in [4.69, 9.17) is 14.3 Å². The minimum Gasteiger partial charge on any atom is -0.378 e. The molecule has 1 N–H and O–H groups in total. The fourth-order valence-electron chi connectivity index (χ4n) is 5.84. The maximum Gasteiger partial charge on any atom is 0.0768 e. The Bertz CT molecular complexity index is 530. The summed E-state index contributed by atoms with van der Waals surface area (Å²) in [6.45, 7) is 19.8. The average Bonchev–Trinajstić information content (AvgIpc) is 2.75. The van der Waals surface area contributed by atoms with E-state index < -0.39 is 0 Å². The highest BCUT2D eigenvalue weighted by Gasteiger charge is 2.45. The molecule has 2 saturated heterocycles. The standard InChI is InChI=1S/C25H50N2O3/c1-22(2)19-21(25(7,8)26-22)30-17-13-11-10-12-16-29-20-14-15-23(3,4)27(28-9)24(5,6)18-20/h20-21,26H,10-19H2,1-9H3. The van der Waals surface area contributed by atoms with Gasteiger partial charge in [0, 0.05) is 35.4 Å².